The third kappa shape index (κ3) is 2.41. The van der Waals surface area contributed by atoms with Crippen LogP contribution in [0.15, 0.2) is 24.3 Å². The van der Waals surface area contributed by atoms with Crippen LogP contribution in [0.2, 0.25) is 0 Å². The van der Waals surface area contributed by atoms with Gasteiger partial charge >= 0.3 is 0 Å². The van der Waals surface area contributed by atoms with E-state index in [2.05, 4.69) is 39.1 Å². The Balaban J connectivity index is 2.37. The summed E-state index contributed by atoms with van der Waals surface area (Å²) in [4.78, 5) is 14.4. The van der Waals surface area contributed by atoms with E-state index in [1.807, 2.05) is 23.1 Å². The first-order chi connectivity index (χ1) is 8.50. The Labute approximate surface area is 109 Å². The van der Waals surface area contributed by atoms with Crippen LogP contribution in [-0.2, 0) is 11.2 Å². The lowest BCUT2D eigenvalue weighted by atomic mass is 9.95. The molecule has 0 aliphatic carbocycles. The lowest BCUT2D eigenvalue weighted by Gasteiger charge is -2.37. The van der Waals surface area contributed by atoms with Crippen molar-refractivity contribution in [3.63, 3.8) is 0 Å². The van der Waals surface area contributed by atoms with Gasteiger partial charge in [0.2, 0.25) is 5.91 Å². The van der Waals surface area contributed by atoms with Crippen LogP contribution in [0.5, 0.6) is 0 Å². The van der Waals surface area contributed by atoms with E-state index < -0.39 is 0 Å². The van der Waals surface area contributed by atoms with Crippen molar-refractivity contribution in [3.8, 4) is 0 Å². The van der Waals surface area contributed by atoms with Crippen molar-refractivity contribution in [2.75, 3.05) is 4.90 Å². The molecule has 3 nitrogen and oxygen atoms in total. The molecule has 1 heterocycles. The van der Waals surface area contributed by atoms with Gasteiger partial charge in [0.25, 0.3) is 0 Å². The number of fused-ring (bicyclic) bond motifs is 1. The van der Waals surface area contributed by atoms with E-state index in [1.54, 1.807) is 0 Å². The largest absolute Gasteiger partial charge is 0.308 e. The minimum Gasteiger partial charge on any atom is -0.308 e. The van der Waals surface area contributed by atoms with Crippen molar-refractivity contribution in [2.24, 2.45) is 0 Å². The van der Waals surface area contributed by atoms with E-state index in [9.17, 15) is 4.79 Å². The molecule has 2 rings (SSSR count). The van der Waals surface area contributed by atoms with Crippen LogP contribution in [0.25, 0.3) is 0 Å². The quantitative estimate of drug-likeness (QED) is 0.888. The summed E-state index contributed by atoms with van der Waals surface area (Å²) in [6.07, 6.45) is 0.788. The molecule has 1 N–H and O–H groups in total. The number of nitrogens with zero attached hydrogens (tertiary/aromatic N) is 1. The van der Waals surface area contributed by atoms with Gasteiger partial charge in [-0.25, -0.2) is 0 Å². The SMILES string of the molecule is CC(C)NC1Cc2ccccc2N(C(C)C)C1=O. The molecule has 3 heteroatoms. The van der Waals surface area contributed by atoms with Gasteiger partial charge in [-0.2, -0.15) is 0 Å². The first kappa shape index (κ1) is 13.1. The van der Waals surface area contributed by atoms with Gasteiger partial charge in [-0.15, -0.1) is 0 Å². The Hall–Kier alpha value is -1.35. The van der Waals surface area contributed by atoms with Crippen LogP contribution in [0.4, 0.5) is 5.69 Å². The molecule has 0 spiro atoms. The normalized spacial score (nSPS) is 19.6. The molecule has 1 atom stereocenters. The van der Waals surface area contributed by atoms with Crippen LogP contribution in [0.1, 0.15) is 33.3 Å². The summed E-state index contributed by atoms with van der Waals surface area (Å²) in [5.74, 6) is 0.192. The standard InChI is InChI=1S/C15H22N2O/c1-10(2)16-13-9-12-7-5-6-8-14(12)17(11(3)4)15(13)18/h5-8,10-11,13,16H,9H2,1-4H3. The van der Waals surface area contributed by atoms with Crippen molar-refractivity contribution in [2.45, 2.75) is 52.2 Å². The van der Waals surface area contributed by atoms with Crippen molar-refractivity contribution in [1.29, 1.82) is 0 Å². The monoisotopic (exact) mass is 246 g/mol. The summed E-state index contributed by atoms with van der Waals surface area (Å²) >= 11 is 0. The van der Waals surface area contributed by atoms with Crippen LogP contribution in [0, 0.1) is 0 Å². The first-order valence-corrected chi connectivity index (χ1v) is 6.67. The molecule has 1 unspecified atom stereocenters. The van der Waals surface area contributed by atoms with Gasteiger partial charge in [0.1, 0.15) is 0 Å². The van der Waals surface area contributed by atoms with Gasteiger partial charge in [0, 0.05) is 17.8 Å². The van der Waals surface area contributed by atoms with Crippen LogP contribution >= 0.6 is 0 Å². The van der Waals surface area contributed by atoms with Crippen molar-refractivity contribution < 1.29 is 4.79 Å². The number of amides is 1. The average Bonchev–Trinajstić information content (AvgIpc) is 2.29. The summed E-state index contributed by atoms with van der Waals surface area (Å²) in [6.45, 7) is 8.28. The van der Waals surface area contributed by atoms with Gasteiger partial charge in [-0.1, -0.05) is 32.0 Å². The zero-order chi connectivity index (χ0) is 13.3. The molecular formula is C15H22N2O. The molecule has 0 bridgehead atoms. The van der Waals surface area contributed by atoms with Gasteiger partial charge in [-0.05, 0) is 31.9 Å². The third-order valence-electron chi connectivity index (χ3n) is 3.26. The van der Waals surface area contributed by atoms with Gasteiger partial charge in [0.15, 0.2) is 0 Å². The maximum absolute atomic E-state index is 12.5. The van der Waals surface area contributed by atoms with Gasteiger partial charge in [0.05, 0.1) is 6.04 Å². The molecule has 1 amide bonds. The molecule has 18 heavy (non-hydrogen) atoms. The van der Waals surface area contributed by atoms with Gasteiger partial charge in [-0.3, -0.25) is 4.79 Å². The number of carbonyl (C=O) groups is 1. The molecule has 0 aromatic heterocycles. The van der Waals surface area contributed by atoms with Crippen molar-refractivity contribution in [1.82, 2.24) is 5.32 Å². The highest BCUT2D eigenvalue weighted by atomic mass is 16.2. The Morgan fingerprint density at radius 1 is 1.22 bits per heavy atom. The highest BCUT2D eigenvalue weighted by molar-refractivity contribution is 6.00. The van der Waals surface area contributed by atoms with E-state index in [1.165, 1.54) is 5.56 Å². The van der Waals surface area contributed by atoms with E-state index in [0.717, 1.165) is 12.1 Å². The van der Waals surface area contributed by atoms with E-state index >= 15 is 0 Å². The number of carbonyl (C=O) groups excluding carboxylic acids is 1. The Bertz CT molecular complexity index is 440. The number of hydrogen-bond donors (Lipinski definition) is 1. The molecule has 0 fully saturated rings. The topological polar surface area (TPSA) is 32.3 Å². The van der Waals surface area contributed by atoms with Crippen molar-refractivity contribution in [3.05, 3.63) is 29.8 Å². The summed E-state index contributed by atoms with van der Waals surface area (Å²) in [5.41, 5.74) is 2.32. The second kappa shape index (κ2) is 5.11. The third-order valence-corrected chi connectivity index (χ3v) is 3.26. The Kier molecular flexibility index (Phi) is 3.71. The molecule has 1 aliphatic rings. The number of nitrogens with one attached hydrogen (secondary N) is 1. The van der Waals surface area contributed by atoms with Crippen molar-refractivity contribution >= 4 is 11.6 Å². The molecule has 1 aliphatic heterocycles. The number of hydrogen-bond acceptors (Lipinski definition) is 2. The highest BCUT2D eigenvalue weighted by Crippen LogP contribution is 2.29. The number of benzene rings is 1. The second-order valence-electron chi connectivity index (χ2n) is 5.51. The number of rotatable bonds is 3. The smallest absolute Gasteiger partial charge is 0.244 e. The number of anilines is 1. The minimum absolute atomic E-state index is 0.0951. The minimum atomic E-state index is -0.0951. The molecule has 0 radical (unpaired) electrons. The van der Waals surface area contributed by atoms with Crippen LogP contribution in [0.3, 0.4) is 0 Å². The number of para-hydroxylation sites is 1. The summed E-state index contributed by atoms with van der Waals surface area (Å²) in [7, 11) is 0. The predicted molar refractivity (Wildman–Crippen MR) is 74.8 cm³/mol. The van der Waals surface area contributed by atoms with E-state index in [0.29, 0.717) is 6.04 Å². The summed E-state index contributed by atoms with van der Waals surface area (Å²) in [5, 5.41) is 3.37. The summed E-state index contributed by atoms with van der Waals surface area (Å²) < 4.78 is 0. The lowest BCUT2D eigenvalue weighted by molar-refractivity contribution is -0.121. The summed E-state index contributed by atoms with van der Waals surface area (Å²) in [6, 6.07) is 8.61. The molecule has 0 saturated carbocycles. The zero-order valence-corrected chi connectivity index (χ0v) is 11.6. The zero-order valence-electron chi connectivity index (χ0n) is 11.6. The fraction of sp³-hybridized carbons (Fsp3) is 0.533. The maximum atomic E-state index is 12.5. The lowest BCUT2D eigenvalue weighted by Crippen LogP contribution is -2.55. The molecule has 98 valence electrons. The van der Waals surface area contributed by atoms with E-state index in [-0.39, 0.29) is 18.0 Å². The fourth-order valence-corrected chi connectivity index (χ4v) is 2.58. The first-order valence-electron chi connectivity index (χ1n) is 6.67. The molecular weight excluding hydrogens is 224 g/mol. The average molecular weight is 246 g/mol. The van der Waals surface area contributed by atoms with Crippen LogP contribution < -0.4 is 10.2 Å². The predicted octanol–water partition coefficient (Wildman–Crippen LogP) is 2.35. The Morgan fingerprint density at radius 2 is 1.89 bits per heavy atom. The second-order valence-corrected chi connectivity index (χ2v) is 5.51. The van der Waals surface area contributed by atoms with Crippen LogP contribution in [-0.4, -0.2) is 24.0 Å². The fourth-order valence-electron chi connectivity index (χ4n) is 2.58. The molecule has 0 saturated heterocycles. The Morgan fingerprint density at radius 3 is 2.50 bits per heavy atom. The molecule has 1 aromatic carbocycles. The van der Waals surface area contributed by atoms with E-state index in [4.69, 9.17) is 0 Å². The highest BCUT2D eigenvalue weighted by Gasteiger charge is 2.33. The van der Waals surface area contributed by atoms with Gasteiger partial charge < -0.3 is 10.2 Å². The molecule has 1 aromatic rings. The maximum Gasteiger partial charge on any atom is 0.244 e.